The van der Waals surface area contributed by atoms with Crippen LogP contribution >= 0.6 is 0 Å². The maximum atomic E-state index is 5.40. The summed E-state index contributed by atoms with van der Waals surface area (Å²) in [5, 5.41) is 3.53. The van der Waals surface area contributed by atoms with Crippen LogP contribution in [0.1, 0.15) is 12.0 Å². The third kappa shape index (κ3) is 3.04. The number of methoxy groups -OCH3 is 1. The summed E-state index contributed by atoms with van der Waals surface area (Å²) in [6.45, 7) is 2.42. The molecule has 16 heavy (non-hydrogen) atoms. The van der Waals surface area contributed by atoms with Gasteiger partial charge in [0.15, 0.2) is 0 Å². The smallest absolute Gasteiger partial charge is 0.0958 e. The lowest BCUT2D eigenvalue weighted by atomic mass is 10.1. The van der Waals surface area contributed by atoms with Gasteiger partial charge >= 0.3 is 0 Å². The molecule has 2 atom stereocenters. The van der Waals surface area contributed by atoms with Gasteiger partial charge in [0.2, 0.25) is 0 Å². The van der Waals surface area contributed by atoms with Gasteiger partial charge in [-0.1, -0.05) is 30.3 Å². The first-order valence-electron chi connectivity index (χ1n) is 5.78. The molecule has 1 saturated heterocycles. The molecule has 0 amide bonds. The van der Waals surface area contributed by atoms with Crippen LogP contribution in [0.25, 0.3) is 0 Å². The van der Waals surface area contributed by atoms with Gasteiger partial charge in [0.1, 0.15) is 0 Å². The number of hydrogen-bond acceptors (Lipinski definition) is 3. The van der Waals surface area contributed by atoms with E-state index in [1.807, 2.05) is 6.07 Å². The van der Waals surface area contributed by atoms with Gasteiger partial charge in [-0.25, -0.2) is 0 Å². The Morgan fingerprint density at radius 2 is 2.19 bits per heavy atom. The number of ether oxygens (including phenoxy) is 2. The molecular formula is C13H19NO2. The van der Waals surface area contributed by atoms with E-state index in [0.29, 0.717) is 12.6 Å². The van der Waals surface area contributed by atoms with Crippen LogP contribution in [-0.4, -0.2) is 32.5 Å². The highest BCUT2D eigenvalue weighted by atomic mass is 16.5. The highest BCUT2D eigenvalue weighted by molar-refractivity contribution is 5.14. The van der Waals surface area contributed by atoms with Crippen molar-refractivity contribution in [2.45, 2.75) is 25.1 Å². The van der Waals surface area contributed by atoms with Crippen molar-refractivity contribution < 1.29 is 9.47 Å². The Kier molecular flexibility index (Phi) is 4.34. The molecule has 0 radical (unpaired) electrons. The zero-order valence-corrected chi connectivity index (χ0v) is 9.69. The first-order chi connectivity index (χ1) is 7.90. The van der Waals surface area contributed by atoms with E-state index in [2.05, 4.69) is 29.6 Å². The molecule has 0 saturated carbocycles. The number of rotatable bonds is 4. The highest BCUT2D eigenvalue weighted by Gasteiger charge is 2.24. The van der Waals surface area contributed by atoms with Crippen LogP contribution in [0.4, 0.5) is 0 Å². The van der Waals surface area contributed by atoms with Gasteiger partial charge in [-0.2, -0.15) is 0 Å². The molecule has 1 heterocycles. The van der Waals surface area contributed by atoms with Crippen molar-refractivity contribution >= 4 is 0 Å². The van der Waals surface area contributed by atoms with Gasteiger partial charge in [-0.3, -0.25) is 0 Å². The van der Waals surface area contributed by atoms with Crippen molar-refractivity contribution in [3.8, 4) is 0 Å². The maximum absolute atomic E-state index is 5.40. The molecule has 1 aromatic carbocycles. The Hall–Kier alpha value is -0.900. The summed E-state index contributed by atoms with van der Waals surface area (Å²) < 4.78 is 10.8. The van der Waals surface area contributed by atoms with Crippen LogP contribution in [-0.2, 0) is 16.0 Å². The average Bonchev–Trinajstić information content (AvgIpc) is 2.38. The minimum absolute atomic E-state index is 0.178. The Bertz CT molecular complexity index is 302. The van der Waals surface area contributed by atoms with E-state index >= 15 is 0 Å². The van der Waals surface area contributed by atoms with E-state index in [9.17, 15) is 0 Å². The van der Waals surface area contributed by atoms with Crippen LogP contribution in [0.2, 0.25) is 0 Å². The molecule has 0 aliphatic carbocycles. The first kappa shape index (κ1) is 11.6. The third-order valence-electron chi connectivity index (χ3n) is 3.02. The van der Waals surface area contributed by atoms with Crippen LogP contribution in [0.15, 0.2) is 30.3 Å². The van der Waals surface area contributed by atoms with Crippen molar-refractivity contribution in [1.82, 2.24) is 5.32 Å². The summed E-state index contributed by atoms with van der Waals surface area (Å²) in [7, 11) is 1.75. The number of hydrogen-bond donors (Lipinski definition) is 1. The second-order valence-electron chi connectivity index (χ2n) is 4.11. The minimum atomic E-state index is 0.178. The summed E-state index contributed by atoms with van der Waals surface area (Å²) in [6.07, 6.45) is 1.20. The van der Waals surface area contributed by atoms with Gasteiger partial charge < -0.3 is 14.8 Å². The average molecular weight is 221 g/mol. The summed E-state index contributed by atoms with van der Waals surface area (Å²) >= 11 is 0. The Labute approximate surface area is 96.8 Å². The van der Waals surface area contributed by atoms with Crippen molar-refractivity contribution in [1.29, 1.82) is 0 Å². The monoisotopic (exact) mass is 221 g/mol. The largest absolute Gasteiger partial charge is 0.379 e. The summed E-state index contributed by atoms with van der Waals surface area (Å²) in [5.74, 6) is 0. The van der Waals surface area contributed by atoms with E-state index in [0.717, 1.165) is 19.6 Å². The van der Waals surface area contributed by atoms with Gasteiger partial charge in [0, 0.05) is 26.3 Å². The normalized spacial score (nSPS) is 25.6. The third-order valence-corrected chi connectivity index (χ3v) is 3.02. The standard InChI is InChI=1S/C13H19NO2/c1-15-13-10-16-8-7-12(13)14-9-11-5-3-2-4-6-11/h2-6,12-14H,7-10H2,1H3/t12?,13-/m1/s1. The molecule has 1 aliphatic rings. The Morgan fingerprint density at radius 3 is 2.94 bits per heavy atom. The van der Waals surface area contributed by atoms with E-state index < -0.39 is 0 Å². The molecule has 3 heteroatoms. The van der Waals surface area contributed by atoms with Gasteiger partial charge in [-0.05, 0) is 12.0 Å². The molecule has 0 aromatic heterocycles. The molecule has 88 valence electrons. The van der Waals surface area contributed by atoms with Crippen molar-refractivity contribution in [2.24, 2.45) is 0 Å². The predicted molar refractivity (Wildman–Crippen MR) is 63.3 cm³/mol. The zero-order chi connectivity index (χ0) is 11.2. The molecule has 0 bridgehead atoms. The lowest BCUT2D eigenvalue weighted by Gasteiger charge is -2.31. The Balaban J connectivity index is 1.84. The molecule has 2 rings (SSSR count). The number of nitrogens with one attached hydrogen (secondary N) is 1. The van der Waals surface area contributed by atoms with Gasteiger partial charge in [-0.15, -0.1) is 0 Å². The van der Waals surface area contributed by atoms with E-state index in [4.69, 9.17) is 9.47 Å². The van der Waals surface area contributed by atoms with Crippen LogP contribution in [0.3, 0.4) is 0 Å². The lowest BCUT2D eigenvalue weighted by Crippen LogP contribution is -2.47. The molecule has 1 aromatic rings. The molecule has 0 spiro atoms. The van der Waals surface area contributed by atoms with Crippen molar-refractivity contribution in [3.63, 3.8) is 0 Å². The van der Waals surface area contributed by atoms with Gasteiger partial charge in [0.05, 0.1) is 12.7 Å². The lowest BCUT2D eigenvalue weighted by molar-refractivity contribution is -0.0501. The van der Waals surface area contributed by atoms with Gasteiger partial charge in [0.25, 0.3) is 0 Å². The maximum Gasteiger partial charge on any atom is 0.0958 e. The molecule has 1 aliphatic heterocycles. The van der Waals surface area contributed by atoms with E-state index in [1.165, 1.54) is 5.56 Å². The molecule has 1 N–H and O–H groups in total. The fraction of sp³-hybridized carbons (Fsp3) is 0.538. The van der Waals surface area contributed by atoms with Crippen LogP contribution < -0.4 is 5.32 Å². The van der Waals surface area contributed by atoms with Crippen molar-refractivity contribution in [3.05, 3.63) is 35.9 Å². The van der Waals surface area contributed by atoms with Crippen molar-refractivity contribution in [2.75, 3.05) is 20.3 Å². The zero-order valence-electron chi connectivity index (χ0n) is 9.69. The van der Waals surface area contributed by atoms with E-state index in [1.54, 1.807) is 7.11 Å². The Morgan fingerprint density at radius 1 is 1.38 bits per heavy atom. The fourth-order valence-electron chi connectivity index (χ4n) is 2.02. The quantitative estimate of drug-likeness (QED) is 0.837. The molecule has 3 nitrogen and oxygen atoms in total. The summed E-state index contributed by atoms with van der Waals surface area (Å²) in [4.78, 5) is 0. The molecular weight excluding hydrogens is 202 g/mol. The van der Waals surface area contributed by atoms with E-state index in [-0.39, 0.29) is 6.10 Å². The van der Waals surface area contributed by atoms with Crippen LogP contribution in [0.5, 0.6) is 0 Å². The topological polar surface area (TPSA) is 30.5 Å². The summed E-state index contributed by atoms with van der Waals surface area (Å²) in [6, 6.07) is 10.8. The SMILES string of the molecule is CO[C@@H]1COCCC1NCc1ccccc1. The first-order valence-corrected chi connectivity index (χ1v) is 5.78. The summed E-state index contributed by atoms with van der Waals surface area (Å²) in [5.41, 5.74) is 1.31. The number of benzene rings is 1. The predicted octanol–water partition coefficient (Wildman–Crippen LogP) is 1.58. The van der Waals surface area contributed by atoms with Crippen LogP contribution in [0, 0.1) is 0 Å². The highest BCUT2D eigenvalue weighted by Crippen LogP contribution is 2.11. The molecule has 1 unspecified atom stereocenters. The second kappa shape index (κ2) is 5.99. The molecule has 1 fully saturated rings. The fourth-order valence-corrected chi connectivity index (χ4v) is 2.02. The second-order valence-corrected chi connectivity index (χ2v) is 4.11. The minimum Gasteiger partial charge on any atom is -0.379 e.